The molecule has 4 nitrogen and oxygen atoms in total. The third kappa shape index (κ3) is 3.75. The minimum atomic E-state index is 0.526. The molecule has 0 N–H and O–H groups in total. The van der Waals surface area contributed by atoms with Crippen LogP contribution in [0.1, 0.15) is 12.0 Å². The molecule has 1 aromatic heterocycles. The van der Waals surface area contributed by atoms with Crippen LogP contribution < -0.4 is 9.47 Å². The number of aromatic nitrogens is 1. The number of methoxy groups -OCH3 is 2. The second-order valence-electron chi connectivity index (χ2n) is 3.21. The zero-order chi connectivity index (χ0) is 11.1. The summed E-state index contributed by atoms with van der Waals surface area (Å²) in [7, 11) is 3.26. The van der Waals surface area contributed by atoms with E-state index in [0.717, 1.165) is 12.0 Å². The minimum Gasteiger partial charge on any atom is -0.488 e. The molecule has 0 unspecified atom stereocenters. The number of hydrogen-bond donors (Lipinski definition) is 0. The normalized spacial score (nSPS) is 10.1. The summed E-state index contributed by atoms with van der Waals surface area (Å²) in [4.78, 5) is 4.12. The van der Waals surface area contributed by atoms with Gasteiger partial charge in [0, 0.05) is 26.3 Å². The average molecular weight is 211 g/mol. The predicted molar refractivity (Wildman–Crippen MR) is 57.5 cm³/mol. The van der Waals surface area contributed by atoms with Crippen LogP contribution in [0.3, 0.4) is 0 Å². The van der Waals surface area contributed by atoms with E-state index in [-0.39, 0.29) is 0 Å². The molecule has 0 atom stereocenters. The lowest BCUT2D eigenvalue weighted by Crippen LogP contribution is -2.03. The molecule has 1 rings (SSSR count). The summed E-state index contributed by atoms with van der Waals surface area (Å²) < 4.78 is 15.6. The number of aryl methyl sites for hydroxylation is 1. The van der Waals surface area contributed by atoms with E-state index >= 15 is 0 Å². The second kappa shape index (κ2) is 6.24. The van der Waals surface area contributed by atoms with Crippen molar-refractivity contribution in [2.75, 3.05) is 27.4 Å². The first-order chi connectivity index (χ1) is 7.27. The van der Waals surface area contributed by atoms with Gasteiger partial charge in [-0.1, -0.05) is 0 Å². The van der Waals surface area contributed by atoms with Crippen molar-refractivity contribution in [3.8, 4) is 11.6 Å². The third-order valence-corrected chi connectivity index (χ3v) is 1.90. The fraction of sp³-hybridized carbons (Fsp3) is 0.545. The predicted octanol–water partition coefficient (Wildman–Crippen LogP) is 1.81. The molecular weight excluding hydrogens is 194 g/mol. The van der Waals surface area contributed by atoms with Gasteiger partial charge in [-0.05, 0) is 18.6 Å². The van der Waals surface area contributed by atoms with Crippen molar-refractivity contribution in [3.05, 3.63) is 17.8 Å². The summed E-state index contributed by atoms with van der Waals surface area (Å²) in [6, 6.07) is 1.92. The highest BCUT2D eigenvalue weighted by molar-refractivity contribution is 5.35. The molecular formula is C11H17NO3. The van der Waals surface area contributed by atoms with Gasteiger partial charge in [0.2, 0.25) is 0 Å². The van der Waals surface area contributed by atoms with Crippen LogP contribution in [0, 0.1) is 6.92 Å². The Morgan fingerprint density at radius 3 is 2.73 bits per heavy atom. The Morgan fingerprint density at radius 1 is 1.27 bits per heavy atom. The number of pyridine rings is 1. The largest absolute Gasteiger partial charge is 0.488 e. The maximum Gasteiger partial charge on any atom is 0.256 e. The van der Waals surface area contributed by atoms with E-state index < -0.39 is 0 Å². The standard InChI is InChI=1S/C11H17NO3/c1-9-7-10(11(14-3)12-8-9)15-6-4-5-13-2/h7-8H,4-6H2,1-3H3. The SMILES string of the molecule is COCCCOc1cc(C)cnc1OC. The van der Waals surface area contributed by atoms with Gasteiger partial charge in [-0.25, -0.2) is 4.98 Å². The molecule has 0 saturated carbocycles. The van der Waals surface area contributed by atoms with Crippen molar-refractivity contribution in [1.82, 2.24) is 4.98 Å². The zero-order valence-electron chi connectivity index (χ0n) is 9.45. The molecule has 0 saturated heterocycles. The van der Waals surface area contributed by atoms with Crippen LogP contribution in [0.2, 0.25) is 0 Å². The Hall–Kier alpha value is -1.29. The van der Waals surface area contributed by atoms with Gasteiger partial charge in [0.1, 0.15) is 0 Å². The molecule has 15 heavy (non-hydrogen) atoms. The Kier molecular flexibility index (Phi) is 4.90. The Bertz CT molecular complexity index is 302. The number of ether oxygens (including phenoxy) is 3. The lowest BCUT2D eigenvalue weighted by molar-refractivity contribution is 0.170. The van der Waals surface area contributed by atoms with Gasteiger partial charge in [0.25, 0.3) is 5.88 Å². The molecule has 4 heteroatoms. The van der Waals surface area contributed by atoms with Gasteiger partial charge < -0.3 is 14.2 Å². The first kappa shape index (κ1) is 11.8. The molecule has 0 amide bonds. The smallest absolute Gasteiger partial charge is 0.256 e. The van der Waals surface area contributed by atoms with E-state index in [1.807, 2.05) is 13.0 Å². The van der Waals surface area contributed by atoms with Gasteiger partial charge in [-0.15, -0.1) is 0 Å². The van der Waals surface area contributed by atoms with Crippen LogP contribution in [-0.2, 0) is 4.74 Å². The molecule has 0 aromatic carbocycles. The molecule has 0 bridgehead atoms. The van der Waals surface area contributed by atoms with Gasteiger partial charge in [0.05, 0.1) is 13.7 Å². The highest BCUT2D eigenvalue weighted by atomic mass is 16.5. The van der Waals surface area contributed by atoms with Gasteiger partial charge in [-0.3, -0.25) is 0 Å². The summed E-state index contributed by atoms with van der Waals surface area (Å²) in [6.45, 7) is 3.27. The van der Waals surface area contributed by atoms with Crippen LogP contribution in [0.15, 0.2) is 12.3 Å². The van der Waals surface area contributed by atoms with Crippen LogP contribution in [0.4, 0.5) is 0 Å². The maximum absolute atomic E-state index is 5.54. The van der Waals surface area contributed by atoms with Gasteiger partial charge in [-0.2, -0.15) is 0 Å². The molecule has 0 aliphatic rings. The fourth-order valence-corrected chi connectivity index (χ4v) is 1.17. The number of rotatable bonds is 6. The second-order valence-corrected chi connectivity index (χ2v) is 3.21. The van der Waals surface area contributed by atoms with Crippen molar-refractivity contribution in [2.24, 2.45) is 0 Å². The molecule has 0 spiro atoms. The Balaban J connectivity index is 2.54. The lowest BCUT2D eigenvalue weighted by atomic mass is 10.3. The van der Waals surface area contributed by atoms with E-state index in [1.165, 1.54) is 0 Å². The molecule has 84 valence electrons. The maximum atomic E-state index is 5.54. The number of hydrogen-bond acceptors (Lipinski definition) is 4. The van der Waals surface area contributed by atoms with E-state index in [2.05, 4.69) is 4.98 Å². The van der Waals surface area contributed by atoms with E-state index in [1.54, 1.807) is 20.4 Å². The molecule has 0 aliphatic heterocycles. The first-order valence-electron chi connectivity index (χ1n) is 4.90. The van der Waals surface area contributed by atoms with Crippen molar-refractivity contribution >= 4 is 0 Å². The topological polar surface area (TPSA) is 40.6 Å². The first-order valence-corrected chi connectivity index (χ1v) is 4.90. The van der Waals surface area contributed by atoms with E-state index in [4.69, 9.17) is 14.2 Å². The van der Waals surface area contributed by atoms with Crippen LogP contribution in [0.25, 0.3) is 0 Å². The fourth-order valence-electron chi connectivity index (χ4n) is 1.17. The molecule has 0 fully saturated rings. The summed E-state index contributed by atoms with van der Waals surface area (Å²) in [6.07, 6.45) is 2.61. The van der Waals surface area contributed by atoms with Crippen molar-refractivity contribution in [2.45, 2.75) is 13.3 Å². The third-order valence-electron chi connectivity index (χ3n) is 1.90. The summed E-state index contributed by atoms with van der Waals surface area (Å²) in [5, 5.41) is 0. The highest BCUT2D eigenvalue weighted by Crippen LogP contribution is 2.24. The Labute approximate surface area is 90.2 Å². The van der Waals surface area contributed by atoms with Gasteiger partial charge >= 0.3 is 0 Å². The zero-order valence-corrected chi connectivity index (χ0v) is 9.45. The van der Waals surface area contributed by atoms with Crippen LogP contribution >= 0.6 is 0 Å². The highest BCUT2D eigenvalue weighted by Gasteiger charge is 2.05. The quantitative estimate of drug-likeness (QED) is 0.673. The van der Waals surface area contributed by atoms with Crippen molar-refractivity contribution < 1.29 is 14.2 Å². The summed E-state index contributed by atoms with van der Waals surface area (Å²) in [5.41, 5.74) is 1.05. The minimum absolute atomic E-state index is 0.526. The molecule has 0 radical (unpaired) electrons. The molecule has 1 heterocycles. The molecule has 0 aliphatic carbocycles. The van der Waals surface area contributed by atoms with E-state index in [9.17, 15) is 0 Å². The monoisotopic (exact) mass is 211 g/mol. The van der Waals surface area contributed by atoms with Crippen molar-refractivity contribution in [1.29, 1.82) is 0 Å². The average Bonchev–Trinajstić information content (AvgIpc) is 2.25. The number of nitrogens with zero attached hydrogens (tertiary/aromatic N) is 1. The summed E-state index contributed by atoms with van der Waals surface area (Å²) >= 11 is 0. The van der Waals surface area contributed by atoms with Gasteiger partial charge in [0.15, 0.2) is 5.75 Å². The molecule has 1 aromatic rings. The summed E-state index contributed by atoms with van der Waals surface area (Å²) in [5.74, 6) is 1.21. The van der Waals surface area contributed by atoms with E-state index in [0.29, 0.717) is 24.8 Å². The van der Waals surface area contributed by atoms with Crippen molar-refractivity contribution in [3.63, 3.8) is 0 Å². The lowest BCUT2D eigenvalue weighted by Gasteiger charge is -2.09. The van der Waals surface area contributed by atoms with Crippen LogP contribution in [-0.4, -0.2) is 32.4 Å². The van der Waals surface area contributed by atoms with Crippen LogP contribution in [0.5, 0.6) is 11.6 Å². The Morgan fingerprint density at radius 2 is 2.07 bits per heavy atom.